The number of piperazine rings is 1. The van der Waals surface area contributed by atoms with E-state index in [1.165, 1.54) is 27.4 Å². The van der Waals surface area contributed by atoms with Gasteiger partial charge in [0.2, 0.25) is 10.0 Å². The van der Waals surface area contributed by atoms with E-state index in [2.05, 4.69) is 0 Å². The van der Waals surface area contributed by atoms with E-state index in [9.17, 15) is 22.4 Å². The molecule has 0 unspecified atom stereocenters. The van der Waals surface area contributed by atoms with Gasteiger partial charge in [0, 0.05) is 26.2 Å². The van der Waals surface area contributed by atoms with Gasteiger partial charge in [0.15, 0.2) is 6.61 Å². The van der Waals surface area contributed by atoms with Crippen LogP contribution in [-0.2, 0) is 24.3 Å². The second-order valence-electron chi connectivity index (χ2n) is 6.67. The highest BCUT2D eigenvalue weighted by Gasteiger charge is 2.41. The fourth-order valence-corrected chi connectivity index (χ4v) is 4.39. The van der Waals surface area contributed by atoms with E-state index in [0.29, 0.717) is 5.92 Å². The summed E-state index contributed by atoms with van der Waals surface area (Å²) in [7, 11) is -3.80. The van der Waals surface area contributed by atoms with Gasteiger partial charge in [-0.3, -0.25) is 9.59 Å². The summed E-state index contributed by atoms with van der Waals surface area (Å²) in [5, 5.41) is 0. The lowest BCUT2D eigenvalue weighted by Crippen LogP contribution is -2.51. The van der Waals surface area contributed by atoms with Gasteiger partial charge in [0.1, 0.15) is 5.82 Å². The minimum Gasteiger partial charge on any atom is -0.455 e. The van der Waals surface area contributed by atoms with E-state index >= 15 is 0 Å². The van der Waals surface area contributed by atoms with Crippen molar-refractivity contribution in [1.82, 2.24) is 9.21 Å². The predicted octanol–water partition coefficient (Wildman–Crippen LogP) is 0.858. The largest absolute Gasteiger partial charge is 0.455 e. The highest BCUT2D eigenvalue weighted by Crippen LogP contribution is 2.38. The van der Waals surface area contributed by atoms with E-state index in [0.717, 1.165) is 12.5 Å². The second kappa shape index (κ2) is 7.32. The van der Waals surface area contributed by atoms with Crippen LogP contribution in [0.2, 0.25) is 0 Å². The normalized spacial score (nSPS) is 23.5. The summed E-state index contributed by atoms with van der Waals surface area (Å²) in [6.45, 7) is 2.25. The number of ether oxygens (including phenoxy) is 1. The van der Waals surface area contributed by atoms with Crippen LogP contribution < -0.4 is 0 Å². The third-order valence-electron chi connectivity index (χ3n) is 4.78. The zero-order valence-corrected chi connectivity index (χ0v) is 15.2. The van der Waals surface area contributed by atoms with Crippen molar-refractivity contribution in [2.24, 2.45) is 11.8 Å². The lowest BCUT2D eigenvalue weighted by molar-refractivity contribution is -0.153. The lowest BCUT2D eigenvalue weighted by Gasteiger charge is -2.33. The molecular weight excluding hydrogens is 363 g/mol. The van der Waals surface area contributed by atoms with Crippen LogP contribution in [0, 0.1) is 17.7 Å². The van der Waals surface area contributed by atoms with Crippen molar-refractivity contribution in [3.8, 4) is 0 Å². The van der Waals surface area contributed by atoms with Crippen LogP contribution >= 0.6 is 0 Å². The number of sulfonamides is 1. The Morgan fingerprint density at radius 1 is 1.23 bits per heavy atom. The standard InChI is InChI=1S/C17H21FN2O5S/c1-12-9-15(12)17(22)25-11-16(21)19-5-7-20(8-6-19)26(23,24)14-4-2-3-13(18)10-14/h2-4,10,12,15H,5-9,11H2,1H3/t12-,15+/m0/s1. The monoisotopic (exact) mass is 384 g/mol. The number of hydrogen-bond acceptors (Lipinski definition) is 5. The molecule has 1 aromatic carbocycles. The van der Waals surface area contributed by atoms with Gasteiger partial charge in [0.05, 0.1) is 10.8 Å². The molecule has 1 aliphatic carbocycles. The molecule has 1 saturated carbocycles. The number of amides is 1. The molecule has 0 aromatic heterocycles. The molecule has 2 fully saturated rings. The van der Waals surface area contributed by atoms with E-state index < -0.39 is 15.8 Å². The predicted molar refractivity (Wildman–Crippen MR) is 90.0 cm³/mol. The van der Waals surface area contributed by atoms with Crippen molar-refractivity contribution >= 4 is 21.9 Å². The molecule has 1 heterocycles. The van der Waals surface area contributed by atoms with Gasteiger partial charge in [-0.15, -0.1) is 0 Å². The molecule has 0 spiro atoms. The van der Waals surface area contributed by atoms with Gasteiger partial charge >= 0.3 is 5.97 Å². The summed E-state index contributed by atoms with van der Waals surface area (Å²) in [6, 6.07) is 4.84. The minimum absolute atomic E-state index is 0.101. The van der Waals surface area contributed by atoms with Gasteiger partial charge < -0.3 is 9.64 Å². The maximum absolute atomic E-state index is 13.3. The fourth-order valence-electron chi connectivity index (χ4n) is 2.94. The van der Waals surface area contributed by atoms with Crippen molar-refractivity contribution in [3.05, 3.63) is 30.1 Å². The second-order valence-corrected chi connectivity index (χ2v) is 8.61. The summed E-state index contributed by atoms with van der Waals surface area (Å²) in [4.78, 5) is 25.2. The number of nitrogens with zero attached hydrogens (tertiary/aromatic N) is 2. The first kappa shape index (κ1) is 18.8. The molecule has 2 atom stereocenters. The third-order valence-corrected chi connectivity index (χ3v) is 6.67. The van der Waals surface area contributed by atoms with Crippen LogP contribution in [0.5, 0.6) is 0 Å². The molecule has 7 nitrogen and oxygen atoms in total. The van der Waals surface area contributed by atoms with Gasteiger partial charge in [-0.05, 0) is 30.5 Å². The van der Waals surface area contributed by atoms with Crippen LogP contribution in [0.15, 0.2) is 29.2 Å². The Balaban J connectivity index is 1.52. The summed E-state index contributed by atoms with van der Waals surface area (Å²) < 4.78 is 44.6. The summed E-state index contributed by atoms with van der Waals surface area (Å²) >= 11 is 0. The molecule has 9 heteroatoms. The maximum Gasteiger partial charge on any atom is 0.309 e. The molecule has 1 aromatic rings. The van der Waals surface area contributed by atoms with Crippen LogP contribution in [0.4, 0.5) is 4.39 Å². The first-order valence-electron chi connectivity index (χ1n) is 8.49. The van der Waals surface area contributed by atoms with Crippen molar-refractivity contribution in [2.45, 2.75) is 18.2 Å². The van der Waals surface area contributed by atoms with Crippen LogP contribution in [-0.4, -0.2) is 62.3 Å². The summed E-state index contributed by atoms with van der Waals surface area (Å²) in [5.74, 6) is -1.09. The molecule has 1 aliphatic heterocycles. The number of rotatable bonds is 5. The van der Waals surface area contributed by atoms with Gasteiger partial charge in [-0.1, -0.05) is 13.0 Å². The Bertz CT molecular complexity index is 805. The highest BCUT2D eigenvalue weighted by atomic mass is 32.2. The Labute approximate surface area is 151 Å². The zero-order valence-electron chi connectivity index (χ0n) is 14.4. The molecule has 0 N–H and O–H groups in total. The van der Waals surface area contributed by atoms with E-state index in [1.807, 2.05) is 6.92 Å². The Kier molecular flexibility index (Phi) is 5.29. The van der Waals surface area contributed by atoms with E-state index in [4.69, 9.17) is 4.74 Å². The average Bonchev–Trinajstić information content (AvgIpc) is 3.36. The number of carbonyl (C=O) groups is 2. The first-order valence-corrected chi connectivity index (χ1v) is 9.93. The smallest absolute Gasteiger partial charge is 0.309 e. The van der Waals surface area contributed by atoms with E-state index in [-0.39, 0.29) is 55.5 Å². The van der Waals surface area contributed by atoms with Crippen molar-refractivity contribution < 1.29 is 27.1 Å². The van der Waals surface area contributed by atoms with Crippen LogP contribution in [0.1, 0.15) is 13.3 Å². The number of benzene rings is 1. The summed E-state index contributed by atoms with van der Waals surface area (Å²) in [6.07, 6.45) is 0.795. The van der Waals surface area contributed by atoms with Gasteiger partial charge in [0.25, 0.3) is 5.91 Å². The number of carbonyl (C=O) groups excluding carboxylic acids is 2. The zero-order chi connectivity index (χ0) is 18.9. The number of esters is 1. The molecule has 1 saturated heterocycles. The number of halogens is 1. The van der Waals surface area contributed by atoms with Crippen LogP contribution in [0.3, 0.4) is 0 Å². The van der Waals surface area contributed by atoms with E-state index in [1.54, 1.807) is 0 Å². The highest BCUT2D eigenvalue weighted by molar-refractivity contribution is 7.89. The maximum atomic E-state index is 13.3. The Hall–Kier alpha value is -2.00. The topological polar surface area (TPSA) is 84.0 Å². The molecular formula is C17H21FN2O5S. The van der Waals surface area contributed by atoms with Gasteiger partial charge in [-0.25, -0.2) is 12.8 Å². The molecule has 3 rings (SSSR count). The third kappa shape index (κ3) is 4.04. The molecule has 0 radical (unpaired) electrons. The van der Waals surface area contributed by atoms with Crippen molar-refractivity contribution in [1.29, 1.82) is 0 Å². The molecule has 0 bridgehead atoms. The fraction of sp³-hybridized carbons (Fsp3) is 0.529. The minimum atomic E-state index is -3.80. The van der Waals surface area contributed by atoms with Crippen LogP contribution in [0.25, 0.3) is 0 Å². The Morgan fingerprint density at radius 3 is 2.46 bits per heavy atom. The number of hydrogen-bond donors (Lipinski definition) is 0. The quantitative estimate of drug-likeness (QED) is 0.703. The SMILES string of the molecule is C[C@H]1C[C@H]1C(=O)OCC(=O)N1CCN(S(=O)(=O)c2cccc(F)c2)CC1. The van der Waals surface area contributed by atoms with Crippen molar-refractivity contribution in [2.75, 3.05) is 32.8 Å². The lowest BCUT2D eigenvalue weighted by atomic mass is 10.3. The van der Waals surface area contributed by atoms with Crippen molar-refractivity contribution in [3.63, 3.8) is 0 Å². The molecule has 1 amide bonds. The first-order chi connectivity index (χ1) is 12.3. The average molecular weight is 384 g/mol. The molecule has 2 aliphatic rings. The summed E-state index contributed by atoms with van der Waals surface area (Å²) in [5.41, 5.74) is 0. The molecule has 26 heavy (non-hydrogen) atoms. The molecule has 142 valence electrons. The Morgan fingerprint density at radius 2 is 1.88 bits per heavy atom. The van der Waals surface area contributed by atoms with Gasteiger partial charge in [-0.2, -0.15) is 4.31 Å².